The minimum Gasteiger partial charge on any atom is -0.399 e. The summed E-state index contributed by atoms with van der Waals surface area (Å²) in [6, 6.07) is 132. The molecule has 8 nitrogen and oxygen atoms in total. The summed E-state index contributed by atoms with van der Waals surface area (Å²) >= 11 is 10.2. The molecule has 1 fully saturated rings. The number of aromatic nitrogens is 6. The summed E-state index contributed by atoms with van der Waals surface area (Å²) in [6.07, 6.45) is 0. The predicted molar refractivity (Wildman–Crippen MR) is 534 cm³/mol. The second-order valence-electron chi connectivity index (χ2n) is 34.8. The van der Waals surface area contributed by atoms with E-state index in [0.29, 0.717) is 40.0 Å². The van der Waals surface area contributed by atoms with Gasteiger partial charge in [0, 0.05) is 89.7 Å². The van der Waals surface area contributed by atoms with Crippen molar-refractivity contribution in [1.29, 1.82) is 0 Å². The fraction of sp³-hybridized carbons (Fsp3) is 0.113. The maximum absolute atomic E-state index is 6.49. The van der Waals surface area contributed by atoms with Gasteiger partial charge in [-0.2, -0.15) is 0 Å². The lowest BCUT2D eigenvalue weighted by Gasteiger charge is -2.32. The fourth-order valence-corrected chi connectivity index (χ4v) is 21.3. The number of fused-ring (bicyclic) bond motifs is 12. The standard InChI is InChI=1S/C54H37N3S.C33H31BO2S.C27H18ClN3.CH4/c1-54(2)47-27-13-12-22-43(47)44-29-28-37(33-48(44)54)41-23-14-25-45-46-26-15-24-42(50(46)58-49(41)45)39-30-38(34-16-6-3-7-17-34)31-40(32-39)53-56-51(35-18-8-4-9-19-35)55-52(57-53)36-20-10-5-11-21-36;1-31(2)26-15-8-7-11-22(26)23-18-17-20(19-27(23)31)21-12-9-13-24-25-14-10-16-28(30(25)37-29(21)24)34-35-32(3,4)33(5,6)36-34;28-24-17-22(19-10-4-1-5-11-19)16-23(18-24)27-30-25(20-12-6-2-7-13-20)29-26(31-27)21-14-8-3-9-15-21;/h3-33H,1-2H3;7-19H,1-6H3;1-18H;1H4. The quantitative estimate of drug-likeness (QED) is 0.112. The zero-order chi connectivity index (χ0) is 85.6. The summed E-state index contributed by atoms with van der Waals surface area (Å²) in [4.78, 5) is 29.6. The van der Waals surface area contributed by atoms with Crippen LogP contribution in [0.15, 0.2) is 376 Å². The second-order valence-corrected chi connectivity index (χ2v) is 37.2. The van der Waals surface area contributed by atoms with Crippen LogP contribution in [0.5, 0.6) is 0 Å². The Hall–Kier alpha value is -13.7. The van der Waals surface area contributed by atoms with Crippen molar-refractivity contribution in [2.24, 2.45) is 0 Å². The molecular weight excluding hydrogens is 1610 g/mol. The van der Waals surface area contributed by atoms with E-state index in [1.165, 1.54) is 113 Å². The van der Waals surface area contributed by atoms with Crippen molar-refractivity contribution in [3.63, 3.8) is 0 Å². The minimum atomic E-state index is -0.371. The Bertz CT molecular complexity index is 7480. The van der Waals surface area contributed by atoms with Crippen LogP contribution in [0.25, 0.3) is 187 Å². The molecule has 1 aliphatic heterocycles. The summed E-state index contributed by atoms with van der Waals surface area (Å²) in [5.41, 5.74) is 28.6. The van der Waals surface area contributed by atoms with Crippen LogP contribution in [0, 0.1) is 0 Å². The molecule has 0 saturated carbocycles. The Kier molecular flexibility index (Phi) is 21.2. The van der Waals surface area contributed by atoms with Gasteiger partial charge in [0.05, 0.1) is 11.2 Å². The summed E-state index contributed by atoms with van der Waals surface area (Å²) in [6.45, 7) is 17.9. The molecule has 1 saturated heterocycles. The molecule has 0 spiro atoms. The van der Waals surface area contributed by atoms with Gasteiger partial charge in [0.25, 0.3) is 0 Å². The molecule has 0 amide bonds. The lowest BCUT2D eigenvalue weighted by Crippen LogP contribution is -2.41. The SMILES string of the molecule is C.CC1(C)c2ccccc2-c2ccc(-c3cccc4c3sc3c(-c5cc(-c6ccccc6)cc(-c6nc(-c7ccccc7)nc(-c7ccccc7)n6)c5)cccc34)cc21.CC1(C)c2ccccc2-c2ccc(-c3cccc4c3sc3c(B5OC(C)(C)C(C)(C)O5)cccc34)cc21.Clc1cc(-c2ccccc2)cc(-c2nc(-c3ccccc3)nc(-c3ccccc3)n2)c1. The van der Waals surface area contributed by atoms with Gasteiger partial charge in [-0.25, -0.2) is 29.9 Å². The highest BCUT2D eigenvalue weighted by molar-refractivity contribution is 7.27. The first-order valence-electron chi connectivity index (χ1n) is 42.9. The van der Waals surface area contributed by atoms with Gasteiger partial charge >= 0.3 is 7.12 Å². The van der Waals surface area contributed by atoms with Crippen LogP contribution in [-0.4, -0.2) is 48.2 Å². The predicted octanol–water partition coefficient (Wildman–Crippen LogP) is 30.7. The number of benzene rings is 16. The summed E-state index contributed by atoms with van der Waals surface area (Å²) < 4.78 is 18.0. The highest BCUT2D eigenvalue weighted by Crippen LogP contribution is 2.54. The van der Waals surface area contributed by atoms with Gasteiger partial charge in [-0.3, -0.25) is 0 Å². The van der Waals surface area contributed by atoms with Gasteiger partial charge in [-0.1, -0.05) is 374 Å². The molecule has 20 aromatic rings. The molecule has 12 heteroatoms. The summed E-state index contributed by atoms with van der Waals surface area (Å²) in [7, 11) is -0.371. The van der Waals surface area contributed by atoms with Gasteiger partial charge in [0.15, 0.2) is 34.9 Å². The Labute approximate surface area is 755 Å². The van der Waals surface area contributed by atoms with Gasteiger partial charge < -0.3 is 9.31 Å². The van der Waals surface area contributed by atoms with E-state index in [2.05, 4.69) is 304 Å². The molecule has 0 atom stereocenters. The molecule has 5 heterocycles. The van der Waals surface area contributed by atoms with E-state index in [1.54, 1.807) is 0 Å². The van der Waals surface area contributed by atoms with Crippen LogP contribution < -0.4 is 5.46 Å². The number of nitrogens with zero attached hydrogens (tertiary/aromatic N) is 6. The fourth-order valence-electron chi connectivity index (χ4n) is 18.3. The van der Waals surface area contributed by atoms with E-state index in [0.717, 1.165) is 66.7 Å². The maximum Gasteiger partial charge on any atom is 0.496 e. The van der Waals surface area contributed by atoms with Crippen LogP contribution in [-0.2, 0) is 20.1 Å². The van der Waals surface area contributed by atoms with E-state index in [-0.39, 0.29) is 36.6 Å². The molecule has 2 aliphatic carbocycles. The van der Waals surface area contributed by atoms with Crippen molar-refractivity contribution >= 4 is 87.2 Å². The van der Waals surface area contributed by atoms with Crippen LogP contribution >= 0.6 is 34.3 Å². The highest BCUT2D eigenvalue weighted by Gasteiger charge is 2.52. The van der Waals surface area contributed by atoms with Crippen molar-refractivity contribution < 1.29 is 9.31 Å². The maximum atomic E-state index is 6.49. The van der Waals surface area contributed by atoms with Crippen molar-refractivity contribution in [3.8, 4) is 146 Å². The minimum absolute atomic E-state index is 0. The molecule has 23 rings (SSSR count). The number of halogens is 1. The van der Waals surface area contributed by atoms with Gasteiger partial charge in [-0.05, 0) is 182 Å². The Morgan fingerprint density at radius 1 is 0.228 bits per heavy atom. The third-order valence-electron chi connectivity index (χ3n) is 25.6. The monoisotopic (exact) mass is 1700 g/mol. The molecule has 3 aliphatic rings. The van der Waals surface area contributed by atoms with Gasteiger partial charge in [0.2, 0.25) is 0 Å². The third kappa shape index (κ3) is 15.0. The van der Waals surface area contributed by atoms with Crippen LogP contribution in [0.2, 0.25) is 5.02 Å². The molecule has 4 aromatic heterocycles. The lowest BCUT2D eigenvalue weighted by molar-refractivity contribution is 0.00578. The van der Waals surface area contributed by atoms with Gasteiger partial charge in [0.1, 0.15) is 0 Å². The van der Waals surface area contributed by atoms with E-state index in [1.807, 2.05) is 150 Å². The number of hydrogen-bond acceptors (Lipinski definition) is 10. The van der Waals surface area contributed by atoms with Crippen molar-refractivity contribution in [3.05, 3.63) is 403 Å². The van der Waals surface area contributed by atoms with Gasteiger partial charge in [-0.15, -0.1) is 22.7 Å². The zero-order valence-corrected chi connectivity index (χ0v) is 73.5. The first-order chi connectivity index (χ1) is 61.3. The highest BCUT2D eigenvalue weighted by atomic mass is 35.5. The normalized spacial score (nSPS) is 14.0. The summed E-state index contributed by atoms with van der Waals surface area (Å²) in [5, 5.41) is 5.73. The molecule has 0 N–H and O–H groups in total. The van der Waals surface area contributed by atoms with E-state index < -0.39 is 0 Å². The van der Waals surface area contributed by atoms with E-state index in [4.69, 9.17) is 50.8 Å². The van der Waals surface area contributed by atoms with Crippen LogP contribution in [0.3, 0.4) is 0 Å². The van der Waals surface area contributed by atoms with Crippen LogP contribution in [0.1, 0.15) is 85.1 Å². The van der Waals surface area contributed by atoms with Crippen molar-refractivity contribution in [1.82, 2.24) is 29.9 Å². The first-order valence-corrected chi connectivity index (χ1v) is 44.9. The molecule has 0 radical (unpaired) electrons. The number of thiophene rings is 2. The van der Waals surface area contributed by atoms with E-state index >= 15 is 0 Å². The number of hydrogen-bond donors (Lipinski definition) is 0. The first kappa shape index (κ1) is 81.6. The van der Waals surface area contributed by atoms with Crippen molar-refractivity contribution in [2.75, 3.05) is 0 Å². The van der Waals surface area contributed by atoms with E-state index in [9.17, 15) is 0 Å². The Balaban J connectivity index is 0.000000127. The average Bonchev–Trinajstić information content (AvgIpc) is 1.56. The smallest absolute Gasteiger partial charge is 0.399 e. The second kappa shape index (κ2) is 33.0. The topological polar surface area (TPSA) is 95.8 Å². The number of rotatable bonds is 12. The average molecular weight is 1700 g/mol. The largest absolute Gasteiger partial charge is 0.496 e. The molecule has 0 bridgehead atoms. The molecule has 16 aromatic carbocycles. The Morgan fingerprint density at radius 3 is 0.898 bits per heavy atom. The van der Waals surface area contributed by atoms with Crippen molar-refractivity contribution in [2.45, 2.75) is 84.8 Å². The molecule has 0 unspecified atom stereocenters. The zero-order valence-electron chi connectivity index (χ0n) is 71.1. The lowest BCUT2D eigenvalue weighted by atomic mass is 9.78. The summed E-state index contributed by atoms with van der Waals surface area (Å²) in [5.74, 6) is 3.78. The van der Waals surface area contributed by atoms with Crippen LogP contribution in [0.4, 0.5) is 0 Å². The Morgan fingerprint density at radius 2 is 0.504 bits per heavy atom. The molecule has 614 valence electrons. The third-order valence-corrected chi connectivity index (χ3v) is 28.5. The molecule has 127 heavy (non-hydrogen) atoms. The molecular formula is C115H90BClN6O2S2.